The van der Waals surface area contributed by atoms with Crippen LogP contribution in [0.1, 0.15) is 12.5 Å². The fourth-order valence-corrected chi connectivity index (χ4v) is 3.35. The number of methoxy groups -OCH3 is 1. The number of nitriles is 1. The van der Waals surface area contributed by atoms with E-state index in [1.807, 2.05) is 25.1 Å². The number of aromatic nitrogens is 1. The molecule has 28 heavy (non-hydrogen) atoms. The zero-order chi connectivity index (χ0) is 19.9. The van der Waals surface area contributed by atoms with Crippen LogP contribution in [0.5, 0.6) is 11.5 Å². The second-order valence-electron chi connectivity index (χ2n) is 5.81. The van der Waals surface area contributed by atoms with Crippen LogP contribution in [-0.2, 0) is 4.79 Å². The van der Waals surface area contributed by atoms with Crippen molar-refractivity contribution in [1.29, 1.82) is 5.26 Å². The molecule has 0 aliphatic rings. The predicted molar refractivity (Wildman–Crippen MR) is 110 cm³/mol. The summed E-state index contributed by atoms with van der Waals surface area (Å²) in [5, 5.41) is 13.6. The van der Waals surface area contributed by atoms with Crippen LogP contribution in [0.3, 0.4) is 0 Å². The highest BCUT2D eigenvalue weighted by atomic mass is 32.2. The molecule has 0 saturated carbocycles. The Morgan fingerprint density at radius 2 is 1.93 bits per heavy atom. The summed E-state index contributed by atoms with van der Waals surface area (Å²) in [5.74, 6) is 1.43. The van der Waals surface area contributed by atoms with E-state index in [-0.39, 0.29) is 11.7 Å². The second-order valence-corrected chi connectivity index (χ2v) is 6.77. The molecule has 7 heteroatoms. The maximum atomic E-state index is 12.2. The van der Waals surface area contributed by atoms with Gasteiger partial charge in [0.05, 0.1) is 30.5 Å². The number of pyridine rings is 1. The minimum absolute atomic E-state index is 0.149. The van der Waals surface area contributed by atoms with E-state index in [4.69, 9.17) is 9.47 Å². The highest BCUT2D eigenvalue weighted by Gasteiger charge is 2.11. The molecular formula is C21H19N3O3S. The fraction of sp³-hybridized carbons (Fsp3) is 0.190. The molecular weight excluding hydrogens is 374 g/mol. The smallest absolute Gasteiger partial charge is 0.234 e. The Morgan fingerprint density at radius 1 is 1.18 bits per heavy atom. The normalized spacial score (nSPS) is 10.3. The Hall–Kier alpha value is -3.24. The maximum absolute atomic E-state index is 12.2. The molecule has 0 aliphatic heterocycles. The third-order valence-electron chi connectivity index (χ3n) is 3.90. The Morgan fingerprint density at radius 3 is 2.61 bits per heavy atom. The minimum atomic E-state index is -0.173. The van der Waals surface area contributed by atoms with Gasteiger partial charge in [0.25, 0.3) is 0 Å². The van der Waals surface area contributed by atoms with Crippen molar-refractivity contribution in [3.8, 4) is 17.6 Å². The van der Waals surface area contributed by atoms with Gasteiger partial charge in [-0.25, -0.2) is 4.98 Å². The third kappa shape index (κ3) is 4.72. The van der Waals surface area contributed by atoms with Gasteiger partial charge in [0, 0.05) is 11.1 Å². The molecule has 0 radical (unpaired) electrons. The zero-order valence-electron chi connectivity index (χ0n) is 15.6. The van der Waals surface area contributed by atoms with Crippen LogP contribution in [0.25, 0.3) is 10.9 Å². The number of amides is 1. The number of fused-ring (bicyclic) bond motifs is 1. The van der Waals surface area contributed by atoms with Gasteiger partial charge in [-0.2, -0.15) is 5.26 Å². The molecule has 2 aromatic carbocycles. The van der Waals surface area contributed by atoms with Crippen LogP contribution in [0.4, 0.5) is 5.69 Å². The topological polar surface area (TPSA) is 84.2 Å². The number of anilines is 1. The summed E-state index contributed by atoms with van der Waals surface area (Å²) in [5.41, 5.74) is 1.87. The molecule has 0 fully saturated rings. The molecule has 1 amide bonds. The molecule has 0 unspecified atom stereocenters. The summed E-state index contributed by atoms with van der Waals surface area (Å²) >= 11 is 1.23. The number of nitrogens with zero attached hydrogens (tertiary/aromatic N) is 2. The van der Waals surface area contributed by atoms with E-state index in [1.165, 1.54) is 11.8 Å². The molecule has 1 N–H and O–H groups in total. The number of nitrogens with one attached hydrogen (secondary N) is 1. The summed E-state index contributed by atoms with van der Waals surface area (Å²) in [6.07, 6.45) is 0. The number of ether oxygens (including phenoxy) is 2. The SMILES string of the molecule is CCOc1ccc2nc(SCC(=O)Nc3ccc(OC)cc3)c(C#N)cc2c1. The standard InChI is InChI=1S/C21H19N3O3S/c1-3-27-18-8-9-19-14(11-18)10-15(12-22)21(24-19)28-13-20(25)23-16-4-6-17(26-2)7-5-16/h4-11H,3,13H2,1-2H3,(H,23,25). The van der Waals surface area contributed by atoms with E-state index in [2.05, 4.69) is 16.4 Å². The van der Waals surface area contributed by atoms with Crippen molar-refractivity contribution < 1.29 is 14.3 Å². The van der Waals surface area contributed by atoms with E-state index in [0.717, 1.165) is 22.4 Å². The molecule has 3 aromatic rings. The van der Waals surface area contributed by atoms with Gasteiger partial charge < -0.3 is 14.8 Å². The molecule has 1 aromatic heterocycles. The van der Waals surface area contributed by atoms with Crippen LogP contribution >= 0.6 is 11.8 Å². The summed E-state index contributed by atoms with van der Waals surface area (Å²) in [6.45, 7) is 2.49. The maximum Gasteiger partial charge on any atom is 0.234 e. The minimum Gasteiger partial charge on any atom is -0.497 e. The van der Waals surface area contributed by atoms with Crippen LogP contribution in [-0.4, -0.2) is 30.4 Å². The van der Waals surface area contributed by atoms with Crippen LogP contribution < -0.4 is 14.8 Å². The number of rotatable bonds is 7. The summed E-state index contributed by atoms with van der Waals surface area (Å²) < 4.78 is 10.6. The van der Waals surface area contributed by atoms with Crippen molar-refractivity contribution in [1.82, 2.24) is 4.98 Å². The second kappa shape index (κ2) is 9.11. The first-order chi connectivity index (χ1) is 13.6. The van der Waals surface area contributed by atoms with Gasteiger partial charge >= 0.3 is 0 Å². The lowest BCUT2D eigenvalue weighted by Gasteiger charge is -2.09. The third-order valence-corrected chi connectivity index (χ3v) is 4.89. The van der Waals surface area contributed by atoms with Crippen molar-refractivity contribution in [2.75, 3.05) is 24.8 Å². The summed E-state index contributed by atoms with van der Waals surface area (Å²) in [4.78, 5) is 16.8. The number of benzene rings is 2. The van der Waals surface area contributed by atoms with Crippen molar-refractivity contribution in [3.63, 3.8) is 0 Å². The van der Waals surface area contributed by atoms with E-state index in [0.29, 0.717) is 22.9 Å². The molecule has 0 aliphatic carbocycles. The van der Waals surface area contributed by atoms with E-state index < -0.39 is 0 Å². The molecule has 0 bridgehead atoms. The summed E-state index contributed by atoms with van der Waals surface area (Å²) in [6, 6.07) is 16.6. The lowest BCUT2D eigenvalue weighted by atomic mass is 10.1. The van der Waals surface area contributed by atoms with Crippen molar-refractivity contribution >= 4 is 34.3 Å². The Labute approximate surface area is 167 Å². The first-order valence-corrected chi connectivity index (χ1v) is 9.66. The first kappa shape index (κ1) is 19.5. The lowest BCUT2D eigenvalue weighted by Crippen LogP contribution is -2.14. The van der Waals surface area contributed by atoms with Crippen molar-refractivity contribution in [3.05, 3.63) is 54.1 Å². The molecule has 0 saturated heterocycles. The van der Waals surface area contributed by atoms with Gasteiger partial charge in [0.15, 0.2) is 0 Å². The zero-order valence-corrected chi connectivity index (χ0v) is 16.4. The van der Waals surface area contributed by atoms with Crippen LogP contribution in [0, 0.1) is 11.3 Å². The molecule has 3 rings (SSSR count). The van der Waals surface area contributed by atoms with Gasteiger partial charge in [0.1, 0.15) is 22.6 Å². The van der Waals surface area contributed by atoms with Gasteiger partial charge in [-0.05, 0) is 55.5 Å². The monoisotopic (exact) mass is 393 g/mol. The Kier molecular flexibility index (Phi) is 6.35. The highest BCUT2D eigenvalue weighted by molar-refractivity contribution is 8.00. The molecule has 1 heterocycles. The predicted octanol–water partition coefficient (Wildman–Crippen LogP) is 4.24. The van der Waals surface area contributed by atoms with Gasteiger partial charge in [0.2, 0.25) is 5.91 Å². The van der Waals surface area contributed by atoms with Gasteiger partial charge in [-0.3, -0.25) is 4.79 Å². The van der Waals surface area contributed by atoms with Crippen molar-refractivity contribution in [2.24, 2.45) is 0 Å². The number of carbonyl (C=O) groups is 1. The first-order valence-electron chi connectivity index (χ1n) is 8.67. The average Bonchev–Trinajstić information content (AvgIpc) is 2.72. The van der Waals surface area contributed by atoms with Gasteiger partial charge in [-0.1, -0.05) is 11.8 Å². The number of thioether (sulfide) groups is 1. The quantitative estimate of drug-likeness (QED) is 0.604. The van der Waals surface area contributed by atoms with E-state index >= 15 is 0 Å². The average molecular weight is 393 g/mol. The lowest BCUT2D eigenvalue weighted by molar-refractivity contribution is -0.113. The van der Waals surface area contributed by atoms with Crippen LogP contribution in [0.15, 0.2) is 53.6 Å². The Bertz CT molecular complexity index is 1030. The van der Waals surface area contributed by atoms with Crippen molar-refractivity contribution in [2.45, 2.75) is 11.9 Å². The van der Waals surface area contributed by atoms with E-state index in [9.17, 15) is 10.1 Å². The fourth-order valence-electron chi connectivity index (χ4n) is 2.59. The Balaban J connectivity index is 1.71. The van der Waals surface area contributed by atoms with Gasteiger partial charge in [-0.15, -0.1) is 0 Å². The number of carbonyl (C=O) groups excluding carboxylic acids is 1. The van der Waals surface area contributed by atoms with Crippen LogP contribution in [0.2, 0.25) is 0 Å². The van der Waals surface area contributed by atoms with E-state index in [1.54, 1.807) is 37.4 Å². The highest BCUT2D eigenvalue weighted by Crippen LogP contribution is 2.27. The largest absolute Gasteiger partial charge is 0.497 e. The molecule has 0 atom stereocenters. The number of hydrogen-bond acceptors (Lipinski definition) is 6. The molecule has 0 spiro atoms. The molecule has 142 valence electrons. The number of hydrogen-bond donors (Lipinski definition) is 1. The summed E-state index contributed by atoms with van der Waals surface area (Å²) in [7, 11) is 1.59. The molecule has 6 nitrogen and oxygen atoms in total.